The highest BCUT2D eigenvalue weighted by Crippen LogP contribution is 1.97. The van der Waals surface area contributed by atoms with Gasteiger partial charge in [-0.05, 0) is 6.92 Å². The average molecular weight is 157 g/mol. The Balaban J connectivity index is 2.49. The Kier molecular flexibility index (Phi) is 2.09. The lowest BCUT2D eigenvalue weighted by atomic mass is 10.3. The number of amidine groups is 1. The molecule has 2 unspecified atom stereocenters. The van der Waals surface area contributed by atoms with Gasteiger partial charge in [0.2, 0.25) is 0 Å². The molecule has 1 aliphatic rings. The summed E-state index contributed by atoms with van der Waals surface area (Å²) in [7, 11) is 0. The van der Waals surface area contributed by atoms with E-state index in [-0.39, 0.29) is 12.6 Å². The van der Waals surface area contributed by atoms with E-state index in [9.17, 15) is 4.79 Å². The molecular weight excluding hydrogens is 146 g/mol. The van der Waals surface area contributed by atoms with Crippen LogP contribution in [0.2, 0.25) is 0 Å². The third kappa shape index (κ3) is 1.68. The fourth-order valence-electron chi connectivity index (χ4n) is 0.875. The summed E-state index contributed by atoms with van der Waals surface area (Å²) in [5, 5.41) is 11.3. The van der Waals surface area contributed by atoms with Crippen molar-refractivity contribution in [2.45, 2.75) is 19.0 Å². The van der Waals surface area contributed by atoms with E-state index >= 15 is 0 Å². The van der Waals surface area contributed by atoms with Crippen molar-refractivity contribution in [2.75, 3.05) is 6.54 Å². The van der Waals surface area contributed by atoms with Crippen LogP contribution in [0.1, 0.15) is 6.92 Å². The number of carboxylic acids is 1. The molecule has 0 radical (unpaired) electrons. The third-order valence-electron chi connectivity index (χ3n) is 1.50. The molecule has 0 bridgehead atoms. The first-order chi connectivity index (χ1) is 5.11. The molecule has 0 aromatic rings. The first-order valence-electron chi connectivity index (χ1n) is 3.40. The van der Waals surface area contributed by atoms with Gasteiger partial charge in [-0.1, -0.05) is 0 Å². The summed E-state index contributed by atoms with van der Waals surface area (Å²) in [6, 6.07) is -0.796. The maximum atomic E-state index is 10.4. The molecule has 1 rings (SSSR count). The number of hydrogen-bond donors (Lipinski definition) is 3. The van der Waals surface area contributed by atoms with E-state index in [1.54, 1.807) is 6.92 Å². The second-order valence-corrected chi connectivity index (χ2v) is 2.55. The predicted molar refractivity (Wildman–Crippen MR) is 40.5 cm³/mol. The van der Waals surface area contributed by atoms with E-state index in [0.29, 0.717) is 5.84 Å². The fourth-order valence-corrected chi connectivity index (χ4v) is 0.875. The number of carbonyl (C=O) groups is 1. The smallest absolute Gasteiger partial charge is 0.328 e. The summed E-state index contributed by atoms with van der Waals surface area (Å²) in [6.45, 7) is 2.04. The highest BCUT2D eigenvalue weighted by atomic mass is 16.4. The Morgan fingerprint density at radius 1 is 2.00 bits per heavy atom. The summed E-state index contributed by atoms with van der Waals surface area (Å²) >= 11 is 0. The van der Waals surface area contributed by atoms with Gasteiger partial charge in [-0.2, -0.15) is 0 Å². The van der Waals surface area contributed by atoms with E-state index in [2.05, 4.69) is 10.3 Å². The number of nitrogens with two attached hydrogens (primary N) is 1. The highest BCUT2D eigenvalue weighted by Gasteiger charge is 2.24. The Morgan fingerprint density at radius 3 is 2.91 bits per heavy atom. The van der Waals surface area contributed by atoms with Crippen LogP contribution in [0, 0.1) is 0 Å². The molecule has 0 saturated carbocycles. The first kappa shape index (κ1) is 8.00. The summed E-state index contributed by atoms with van der Waals surface area (Å²) in [6.07, 6.45) is 0. The summed E-state index contributed by atoms with van der Waals surface area (Å²) in [5.41, 5.74) is 5.47. The molecule has 2 atom stereocenters. The van der Waals surface area contributed by atoms with Crippen molar-refractivity contribution in [3.05, 3.63) is 0 Å². The van der Waals surface area contributed by atoms with Crippen LogP contribution in [0.3, 0.4) is 0 Å². The van der Waals surface area contributed by atoms with Crippen LogP contribution < -0.4 is 11.1 Å². The topological polar surface area (TPSA) is 87.7 Å². The lowest BCUT2D eigenvalue weighted by molar-refractivity contribution is -0.138. The van der Waals surface area contributed by atoms with Gasteiger partial charge in [0, 0.05) is 0 Å². The molecule has 0 spiro atoms. The van der Waals surface area contributed by atoms with Crippen molar-refractivity contribution in [3.8, 4) is 0 Å². The van der Waals surface area contributed by atoms with E-state index in [1.165, 1.54) is 0 Å². The highest BCUT2D eigenvalue weighted by molar-refractivity contribution is 5.93. The molecule has 62 valence electrons. The molecule has 1 aliphatic heterocycles. The minimum Gasteiger partial charge on any atom is -0.480 e. The zero-order valence-corrected chi connectivity index (χ0v) is 6.24. The number of nitrogens with one attached hydrogen (secondary N) is 1. The lowest BCUT2D eigenvalue weighted by Gasteiger charge is -2.08. The third-order valence-corrected chi connectivity index (χ3v) is 1.50. The predicted octanol–water partition coefficient (Wildman–Crippen LogP) is -1.21. The molecule has 0 fully saturated rings. The van der Waals surface area contributed by atoms with E-state index in [4.69, 9.17) is 10.8 Å². The fraction of sp³-hybridized carbons (Fsp3) is 0.667. The van der Waals surface area contributed by atoms with Crippen molar-refractivity contribution in [1.29, 1.82) is 0 Å². The van der Waals surface area contributed by atoms with Crippen LogP contribution in [-0.2, 0) is 4.79 Å². The van der Waals surface area contributed by atoms with Crippen molar-refractivity contribution < 1.29 is 9.90 Å². The van der Waals surface area contributed by atoms with Crippen LogP contribution in [-0.4, -0.2) is 35.5 Å². The minimum atomic E-state index is -0.885. The molecule has 4 N–H and O–H groups in total. The zero-order valence-electron chi connectivity index (χ0n) is 6.24. The van der Waals surface area contributed by atoms with Crippen molar-refractivity contribution in [2.24, 2.45) is 10.7 Å². The number of rotatable bonds is 2. The van der Waals surface area contributed by atoms with Crippen molar-refractivity contribution in [3.63, 3.8) is 0 Å². The Hall–Kier alpha value is -1.10. The number of aliphatic carboxylic acids is 1. The number of carboxylic acid groups (broad SMARTS) is 1. The monoisotopic (exact) mass is 157 g/mol. The maximum Gasteiger partial charge on any atom is 0.328 e. The van der Waals surface area contributed by atoms with Crippen LogP contribution >= 0.6 is 0 Å². The first-order valence-corrected chi connectivity index (χ1v) is 3.40. The second-order valence-electron chi connectivity index (χ2n) is 2.55. The zero-order chi connectivity index (χ0) is 8.43. The Bertz CT molecular complexity index is 200. The molecule has 0 saturated heterocycles. The van der Waals surface area contributed by atoms with Crippen LogP contribution in [0.4, 0.5) is 0 Å². The Labute approximate surface area is 64.3 Å². The van der Waals surface area contributed by atoms with Crippen LogP contribution in [0.25, 0.3) is 0 Å². The molecule has 0 aromatic carbocycles. The molecule has 5 nitrogen and oxygen atoms in total. The molecule has 0 aliphatic carbocycles. The van der Waals surface area contributed by atoms with Gasteiger partial charge >= 0.3 is 5.97 Å². The number of nitrogens with zero attached hydrogens (tertiary/aromatic N) is 1. The molecule has 1 heterocycles. The average Bonchev–Trinajstić information content (AvgIpc) is 2.33. The van der Waals surface area contributed by atoms with Gasteiger partial charge in [0.25, 0.3) is 0 Å². The lowest BCUT2D eigenvalue weighted by Crippen LogP contribution is -2.43. The van der Waals surface area contributed by atoms with E-state index < -0.39 is 12.0 Å². The standard InChI is InChI=1S/C6H11N3O2/c1-3(7)5-8-2-4(9-5)6(10)11/h3-4H,2,7H2,1H3,(H,8,9)(H,10,11). The maximum absolute atomic E-state index is 10.4. The van der Waals surface area contributed by atoms with Gasteiger partial charge in [0.05, 0.1) is 12.6 Å². The van der Waals surface area contributed by atoms with Gasteiger partial charge in [0.1, 0.15) is 11.9 Å². The van der Waals surface area contributed by atoms with E-state index in [1.807, 2.05) is 0 Å². The SMILES string of the molecule is CC(N)C1=NCC(C(=O)O)N1. The summed E-state index contributed by atoms with van der Waals surface area (Å²) < 4.78 is 0. The van der Waals surface area contributed by atoms with E-state index in [0.717, 1.165) is 0 Å². The van der Waals surface area contributed by atoms with Gasteiger partial charge in [-0.15, -0.1) is 0 Å². The van der Waals surface area contributed by atoms with Crippen molar-refractivity contribution in [1.82, 2.24) is 5.32 Å². The van der Waals surface area contributed by atoms with Gasteiger partial charge in [-0.3, -0.25) is 4.99 Å². The number of hydrogen-bond acceptors (Lipinski definition) is 4. The van der Waals surface area contributed by atoms with Gasteiger partial charge in [0.15, 0.2) is 0 Å². The molecule has 11 heavy (non-hydrogen) atoms. The summed E-state index contributed by atoms with van der Waals surface area (Å²) in [5.74, 6) is -0.304. The normalized spacial score (nSPS) is 25.6. The Morgan fingerprint density at radius 2 is 2.64 bits per heavy atom. The largest absolute Gasteiger partial charge is 0.480 e. The second kappa shape index (κ2) is 2.87. The minimum absolute atomic E-state index is 0.209. The summed E-state index contributed by atoms with van der Waals surface area (Å²) in [4.78, 5) is 14.3. The quantitative estimate of drug-likeness (QED) is 0.469. The number of aliphatic imine (C=N–C) groups is 1. The molecule has 0 amide bonds. The van der Waals surface area contributed by atoms with Gasteiger partial charge < -0.3 is 16.2 Å². The van der Waals surface area contributed by atoms with Gasteiger partial charge in [-0.25, -0.2) is 4.79 Å². The van der Waals surface area contributed by atoms with Crippen molar-refractivity contribution >= 4 is 11.8 Å². The van der Waals surface area contributed by atoms with Crippen LogP contribution in [0.15, 0.2) is 4.99 Å². The molecule has 0 aromatic heterocycles. The molecular formula is C6H11N3O2. The van der Waals surface area contributed by atoms with Crippen LogP contribution in [0.5, 0.6) is 0 Å². The molecule has 5 heteroatoms.